The van der Waals surface area contributed by atoms with Crippen molar-refractivity contribution in [3.63, 3.8) is 0 Å². The number of ether oxygens (including phenoxy) is 2. The van der Waals surface area contributed by atoms with Crippen molar-refractivity contribution in [2.24, 2.45) is 0 Å². The SMILES string of the molecule is COc1cc(C2(C(=O)O)CC2)cc(NC(=O)OC(C)(C)C)c1O. The Morgan fingerprint density at radius 1 is 1.26 bits per heavy atom. The van der Waals surface area contributed by atoms with Gasteiger partial charge in [0, 0.05) is 0 Å². The standard InChI is InChI=1S/C16H21NO6/c1-15(2,3)23-14(21)17-10-7-9(8-11(22-4)12(10)18)16(5-6-16)13(19)20/h7-8,18H,5-6H2,1-4H3,(H,17,21)(H,19,20). The molecular formula is C16H21NO6. The van der Waals surface area contributed by atoms with Crippen LogP contribution in [-0.4, -0.2) is 35.0 Å². The second-order valence-electron chi connectivity index (χ2n) is 6.59. The van der Waals surface area contributed by atoms with Crippen LogP contribution in [0.5, 0.6) is 11.5 Å². The summed E-state index contributed by atoms with van der Waals surface area (Å²) in [5.74, 6) is -1.11. The fourth-order valence-electron chi connectivity index (χ4n) is 2.30. The molecular weight excluding hydrogens is 302 g/mol. The van der Waals surface area contributed by atoms with Crippen molar-refractivity contribution in [3.05, 3.63) is 17.7 Å². The molecule has 1 saturated carbocycles. The number of carboxylic acid groups (broad SMARTS) is 1. The van der Waals surface area contributed by atoms with Crippen molar-refractivity contribution in [2.45, 2.75) is 44.6 Å². The van der Waals surface area contributed by atoms with Crippen molar-refractivity contribution >= 4 is 17.7 Å². The summed E-state index contributed by atoms with van der Waals surface area (Å²) < 4.78 is 10.2. The van der Waals surface area contributed by atoms with Crippen molar-refractivity contribution in [2.75, 3.05) is 12.4 Å². The molecule has 1 fully saturated rings. The maximum Gasteiger partial charge on any atom is 0.412 e. The normalized spacial score (nSPS) is 15.7. The van der Waals surface area contributed by atoms with Crippen LogP contribution in [0.2, 0.25) is 0 Å². The highest BCUT2D eigenvalue weighted by atomic mass is 16.6. The van der Waals surface area contributed by atoms with E-state index < -0.39 is 23.1 Å². The molecule has 1 aliphatic rings. The molecule has 0 aliphatic heterocycles. The molecule has 1 aromatic carbocycles. The van der Waals surface area contributed by atoms with E-state index >= 15 is 0 Å². The number of carboxylic acids is 1. The number of nitrogens with one attached hydrogen (secondary N) is 1. The van der Waals surface area contributed by atoms with Gasteiger partial charge in [0.25, 0.3) is 0 Å². The smallest absolute Gasteiger partial charge is 0.412 e. The summed E-state index contributed by atoms with van der Waals surface area (Å²) in [4.78, 5) is 23.4. The average Bonchev–Trinajstić information content (AvgIpc) is 3.20. The molecule has 7 nitrogen and oxygen atoms in total. The molecule has 0 spiro atoms. The van der Waals surface area contributed by atoms with Gasteiger partial charge in [-0.15, -0.1) is 0 Å². The first-order valence-electron chi connectivity index (χ1n) is 7.24. The van der Waals surface area contributed by atoms with E-state index in [2.05, 4.69) is 5.32 Å². The van der Waals surface area contributed by atoms with Crippen LogP contribution < -0.4 is 10.1 Å². The number of carbonyl (C=O) groups is 2. The summed E-state index contributed by atoms with van der Waals surface area (Å²) in [6.07, 6.45) is 0.261. The average molecular weight is 323 g/mol. The first kappa shape index (κ1) is 16.9. The van der Waals surface area contributed by atoms with Crippen LogP contribution in [0.25, 0.3) is 0 Å². The minimum atomic E-state index is -0.981. The van der Waals surface area contributed by atoms with Gasteiger partial charge >= 0.3 is 12.1 Å². The van der Waals surface area contributed by atoms with Crippen LogP contribution >= 0.6 is 0 Å². The van der Waals surface area contributed by atoms with Crippen LogP contribution in [0, 0.1) is 0 Å². The lowest BCUT2D eigenvalue weighted by molar-refractivity contribution is -0.140. The number of methoxy groups -OCH3 is 1. The predicted octanol–water partition coefficient (Wildman–Crippen LogP) is 2.86. The van der Waals surface area contributed by atoms with Gasteiger partial charge in [0.05, 0.1) is 18.2 Å². The second kappa shape index (κ2) is 5.64. The van der Waals surface area contributed by atoms with E-state index in [1.807, 2.05) is 0 Å². The number of anilines is 1. The molecule has 1 aliphatic carbocycles. The number of hydrogen-bond acceptors (Lipinski definition) is 5. The fraction of sp³-hybridized carbons (Fsp3) is 0.500. The quantitative estimate of drug-likeness (QED) is 0.736. The van der Waals surface area contributed by atoms with E-state index in [1.165, 1.54) is 19.2 Å². The summed E-state index contributed by atoms with van der Waals surface area (Å²) in [7, 11) is 1.36. The van der Waals surface area contributed by atoms with Crippen molar-refractivity contribution in [1.29, 1.82) is 0 Å². The monoisotopic (exact) mass is 323 g/mol. The lowest BCUT2D eigenvalue weighted by atomic mass is 9.95. The van der Waals surface area contributed by atoms with Crippen molar-refractivity contribution < 1.29 is 29.3 Å². The van der Waals surface area contributed by atoms with Gasteiger partial charge in [-0.1, -0.05) is 0 Å². The summed E-state index contributed by atoms with van der Waals surface area (Å²) in [6, 6.07) is 2.93. The molecule has 1 amide bonds. The van der Waals surface area contributed by atoms with Crippen molar-refractivity contribution in [1.82, 2.24) is 0 Å². The number of aliphatic carboxylic acids is 1. The van der Waals surface area contributed by atoms with E-state index in [1.54, 1.807) is 20.8 Å². The number of carbonyl (C=O) groups excluding carboxylic acids is 1. The van der Waals surface area contributed by atoms with Crippen LogP contribution in [0.4, 0.5) is 10.5 Å². The fourth-order valence-corrected chi connectivity index (χ4v) is 2.30. The zero-order valence-electron chi connectivity index (χ0n) is 13.6. The van der Waals surface area contributed by atoms with Gasteiger partial charge in [-0.3, -0.25) is 10.1 Å². The Labute approximate surface area is 134 Å². The predicted molar refractivity (Wildman–Crippen MR) is 83.1 cm³/mol. The third-order valence-electron chi connectivity index (χ3n) is 3.64. The lowest BCUT2D eigenvalue weighted by Crippen LogP contribution is -2.27. The Morgan fingerprint density at radius 3 is 2.30 bits per heavy atom. The Balaban J connectivity index is 2.36. The van der Waals surface area contributed by atoms with E-state index in [0.29, 0.717) is 18.4 Å². The molecule has 0 aromatic heterocycles. The number of phenols is 1. The van der Waals surface area contributed by atoms with E-state index in [0.717, 1.165) is 0 Å². The largest absolute Gasteiger partial charge is 0.503 e. The molecule has 2 rings (SSSR count). The van der Waals surface area contributed by atoms with Crippen LogP contribution in [0.3, 0.4) is 0 Å². The maximum absolute atomic E-state index is 11.9. The zero-order chi connectivity index (χ0) is 17.4. The van der Waals surface area contributed by atoms with Gasteiger partial charge in [0.1, 0.15) is 5.60 Å². The molecule has 23 heavy (non-hydrogen) atoms. The molecule has 0 heterocycles. The number of phenolic OH excluding ortho intramolecular Hbond substituents is 1. The number of rotatable bonds is 4. The summed E-state index contributed by atoms with van der Waals surface area (Å²) >= 11 is 0. The maximum atomic E-state index is 11.9. The van der Waals surface area contributed by atoms with E-state index in [4.69, 9.17) is 9.47 Å². The molecule has 0 radical (unpaired) electrons. The molecule has 7 heteroatoms. The highest BCUT2D eigenvalue weighted by Gasteiger charge is 2.52. The Bertz CT molecular complexity index is 643. The Kier molecular flexibility index (Phi) is 4.15. The van der Waals surface area contributed by atoms with Crippen molar-refractivity contribution in [3.8, 4) is 11.5 Å². The highest BCUT2D eigenvalue weighted by Crippen LogP contribution is 2.51. The summed E-state index contributed by atoms with van der Waals surface area (Å²) in [5.41, 5.74) is -1.14. The number of benzene rings is 1. The molecule has 3 N–H and O–H groups in total. The molecule has 0 saturated heterocycles. The van der Waals surface area contributed by atoms with Crippen LogP contribution in [0.1, 0.15) is 39.2 Å². The van der Waals surface area contributed by atoms with Gasteiger partial charge in [0.15, 0.2) is 11.5 Å². The zero-order valence-corrected chi connectivity index (χ0v) is 13.6. The van der Waals surface area contributed by atoms with E-state index in [-0.39, 0.29) is 17.2 Å². The van der Waals surface area contributed by atoms with Gasteiger partial charge < -0.3 is 19.7 Å². The third kappa shape index (κ3) is 3.49. The minimum absolute atomic E-state index is 0.0566. The Hall–Kier alpha value is -2.44. The molecule has 0 unspecified atom stereocenters. The lowest BCUT2D eigenvalue weighted by Gasteiger charge is -2.21. The first-order valence-corrected chi connectivity index (χ1v) is 7.24. The molecule has 0 atom stereocenters. The van der Waals surface area contributed by atoms with E-state index in [9.17, 15) is 19.8 Å². The van der Waals surface area contributed by atoms with Gasteiger partial charge in [-0.2, -0.15) is 0 Å². The third-order valence-corrected chi connectivity index (χ3v) is 3.64. The first-order chi connectivity index (χ1) is 10.6. The highest BCUT2D eigenvalue weighted by molar-refractivity contribution is 5.90. The topological polar surface area (TPSA) is 105 Å². The van der Waals surface area contributed by atoms with Crippen LogP contribution in [-0.2, 0) is 14.9 Å². The summed E-state index contributed by atoms with van der Waals surface area (Å²) in [5, 5.41) is 22.0. The number of aromatic hydroxyl groups is 1. The molecule has 0 bridgehead atoms. The van der Waals surface area contributed by atoms with Crippen LogP contribution in [0.15, 0.2) is 12.1 Å². The van der Waals surface area contributed by atoms with Gasteiger partial charge in [-0.25, -0.2) is 4.79 Å². The number of amides is 1. The van der Waals surface area contributed by atoms with Gasteiger partial charge in [0.2, 0.25) is 0 Å². The molecule has 126 valence electrons. The number of hydrogen-bond donors (Lipinski definition) is 3. The second-order valence-corrected chi connectivity index (χ2v) is 6.59. The molecule has 1 aromatic rings. The Morgan fingerprint density at radius 2 is 1.87 bits per heavy atom. The summed E-state index contributed by atoms with van der Waals surface area (Å²) in [6.45, 7) is 5.15. The minimum Gasteiger partial charge on any atom is -0.503 e. The van der Waals surface area contributed by atoms with Gasteiger partial charge in [-0.05, 0) is 51.3 Å².